The smallest absolute Gasteiger partial charge is 0.217 e. The van der Waals surface area contributed by atoms with E-state index in [1.165, 1.54) is 57.8 Å². The van der Waals surface area contributed by atoms with Crippen molar-refractivity contribution in [1.29, 1.82) is 0 Å². The van der Waals surface area contributed by atoms with E-state index in [1.54, 1.807) is 0 Å². The van der Waals surface area contributed by atoms with E-state index >= 15 is 0 Å². The predicted molar refractivity (Wildman–Crippen MR) is 128 cm³/mol. The molecule has 4 saturated carbocycles. The third kappa shape index (κ3) is 4.69. The van der Waals surface area contributed by atoms with E-state index in [0.29, 0.717) is 11.3 Å². The summed E-state index contributed by atoms with van der Waals surface area (Å²) in [6.07, 6.45) is 14.2. The van der Waals surface area contributed by atoms with Crippen molar-refractivity contribution in [2.24, 2.45) is 52.3 Å². The zero-order chi connectivity index (χ0) is 23.3. The van der Waals surface area contributed by atoms with Gasteiger partial charge in [-0.3, -0.25) is 4.18 Å². The van der Waals surface area contributed by atoms with E-state index < -0.39 is 16.5 Å². The maximum Gasteiger partial charge on any atom is 0.217 e. The summed E-state index contributed by atoms with van der Waals surface area (Å²) in [5, 5.41) is 0. The maximum absolute atomic E-state index is 11.1. The van der Waals surface area contributed by atoms with Gasteiger partial charge in [0.25, 0.3) is 0 Å². The van der Waals surface area contributed by atoms with Crippen LogP contribution in [0.25, 0.3) is 0 Å². The maximum atomic E-state index is 11.1. The lowest BCUT2D eigenvalue weighted by Crippen LogP contribution is -2.54. The van der Waals surface area contributed by atoms with Crippen LogP contribution in [0.3, 0.4) is 0 Å². The van der Waals surface area contributed by atoms with E-state index in [1.807, 2.05) is 0 Å². The van der Waals surface area contributed by atoms with Gasteiger partial charge >= 0.3 is 0 Å². The zero-order valence-electron chi connectivity index (χ0n) is 21.1. The van der Waals surface area contributed by atoms with Crippen LogP contribution < -0.4 is 0 Å². The summed E-state index contributed by atoms with van der Waals surface area (Å²) < 4.78 is 38.3. The number of rotatable bonds is 7. The standard InChI is InChI=1S/C27H48O4S/c1-18(2)7-6-8-19(3)23-11-12-24-22-10-9-20-17-21(31-32(28,29)30)13-15-26(20,4)25(22)14-16-27(23,24)5/h18-25H,6-17H2,1-5H3,(H,28,29,30)/p-1/t19-,20+,21+,22+,23-,24+,25+,26+,27-/m1/s1. The summed E-state index contributed by atoms with van der Waals surface area (Å²) in [6.45, 7) is 12.3. The molecule has 4 rings (SSSR count). The highest BCUT2D eigenvalue weighted by atomic mass is 32.3. The molecule has 5 heteroatoms. The third-order valence-electron chi connectivity index (χ3n) is 11.1. The fourth-order valence-corrected chi connectivity index (χ4v) is 10.0. The number of hydrogen-bond acceptors (Lipinski definition) is 4. The Balaban J connectivity index is 1.43. The van der Waals surface area contributed by atoms with Crippen molar-refractivity contribution in [2.75, 3.05) is 0 Å². The van der Waals surface area contributed by atoms with Gasteiger partial charge in [-0.1, -0.05) is 53.9 Å². The fraction of sp³-hybridized carbons (Fsp3) is 1.00. The van der Waals surface area contributed by atoms with Crippen molar-refractivity contribution < 1.29 is 17.2 Å². The summed E-state index contributed by atoms with van der Waals surface area (Å²) >= 11 is 0. The molecule has 0 spiro atoms. The van der Waals surface area contributed by atoms with Gasteiger partial charge in [0.15, 0.2) is 0 Å². The van der Waals surface area contributed by atoms with E-state index in [2.05, 4.69) is 34.6 Å². The minimum absolute atomic E-state index is 0.289. The summed E-state index contributed by atoms with van der Waals surface area (Å²) in [7, 11) is -4.60. The van der Waals surface area contributed by atoms with Crippen LogP contribution >= 0.6 is 0 Å². The van der Waals surface area contributed by atoms with Crippen LogP contribution in [0.4, 0.5) is 0 Å². The minimum atomic E-state index is -4.60. The number of fused-ring (bicyclic) bond motifs is 5. The van der Waals surface area contributed by atoms with Crippen LogP contribution in [0.1, 0.15) is 112 Å². The van der Waals surface area contributed by atoms with Crippen LogP contribution in [0, 0.1) is 52.3 Å². The SMILES string of the molecule is CC(C)CCC[C@@H](C)[C@H]1CC[C@H]2[C@@H]3CC[C@H]4C[C@@H](OS(=O)(=O)[O-])CC[C@]4(C)[C@H]3CC[C@]12C. The van der Waals surface area contributed by atoms with Crippen LogP contribution in [0.5, 0.6) is 0 Å². The van der Waals surface area contributed by atoms with Crippen LogP contribution in [0.15, 0.2) is 0 Å². The van der Waals surface area contributed by atoms with Crippen molar-refractivity contribution in [3.63, 3.8) is 0 Å². The molecule has 0 unspecified atom stereocenters. The molecule has 0 radical (unpaired) electrons. The average molecular weight is 468 g/mol. The van der Waals surface area contributed by atoms with Crippen LogP contribution in [0.2, 0.25) is 0 Å². The van der Waals surface area contributed by atoms with Gasteiger partial charge in [0, 0.05) is 0 Å². The Kier molecular flexibility index (Phi) is 7.14. The lowest BCUT2D eigenvalue weighted by Gasteiger charge is -2.61. The lowest BCUT2D eigenvalue weighted by atomic mass is 9.44. The van der Waals surface area contributed by atoms with Crippen molar-refractivity contribution in [1.82, 2.24) is 0 Å². The first-order valence-electron chi connectivity index (χ1n) is 13.6. The highest BCUT2D eigenvalue weighted by molar-refractivity contribution is 7.80. The molecule has 4 aliphatic rings. The van der Waals surface area contributed by atoms with Gasteiger partial charge in [-0.15, -0.1) is 0 Å². The van der Waals surface area contributed by atoms with E-state index in [4.69, 9.17) is 4.18 Å². The van der Waals surface area contributed by atoms with Crippen molar-refractivity contribution in [2.45, 2.75) is 118 Å². The zero-order valence-corrected chi connectivity index (χ0v) is 22.0. The third-order valence-corrected chi connectivity index (χ3v) is 11.6. The van der Waals surface area contributed by atoms with E-state index in [0.717, 1.165) is 54.8 Å². The quantitative estimate of drug-likeness (QED) is 0.300. The van der Waals surface area contributed by atoms with Gasteiger partial charge in [-0.05, 0) is 110 Å². The molecule has 4 aliphatic carbocycles. The summed E-state index contributed by atoms with van der Waals surface area (Å²) in [5.74, 6) is 5.51. The first-order valence-corrected chi connectivity index (χ1v) is 14.9. The van der Waals surface area contributed by atoms with Gasteiger partial charge in [0.2, 0.25) is 10.4 Å². The molecule has 32 heavy (non-hydrogen) atoms. The van der Waals surface area contributed by atoms with Crippen molar-refractivity contribution >= 4 is 10.4 Å². The van der Waals surface area contributed by atoms with Crippen LogP contribution in [-0.4, -0.2) is 19.1 Å². The van der Waals surface area contributed by atoms with E-state index in [-0.39, 0.29) is 5.41 Å². The molecule has 4 fully saturated rings. The molecule has 0 amide bonds. The average Bonchev–Trinajstić information content (AvgIpc) is 3.04. The highest BCUT2D eigenvalue weighted by Gasteiger charge is 2.60. The monoisotopic (exact) mass is 467 g/mol. The second-order valence-corrected chi connectivity index (χ2v) is 14.1. The Bertz CT molecular complexity index is 764. The molecular weight excluding hydrogens is 420 g/mol. The van der Waals surface area contributed by atoms with Gasteiger partial charge in [-0.2, -0.15) is 0 Å². The topological polar surface area (TPSA) is 66.4 Å². The Morgan fingerprint density at radius 2 is 1.59 bits per heavy atom. The first-order chi connectivity index (χ1) is 14.9. The molecule has 0 N–H and O–H groups in total. The second-order valence-electron chi connectivity index (χ2n) is 13.1. The summed E-state index contributed by atoms with van der Waals surface area (Å²) in [4.78, 5) is 0. The van der Waals surface area contributed by atoms with Gasteiger partial charge < -0.3 is 4.55 Å². The molecule has 0 aromatic heterocycles. The molecular formula is C27H47O4S-. The molecule has 186 valence electrons. The van der Waals surface area contributed by atoms with Gasteiger partial charge in [0.05, 0.1) is 6.10 Å². The molecule has 0 heterocycles. The highest BCUT2D eigenvalue weighted by Crippen LogP contribution is 2.68. The first kappa shape index (κ1) is 25.0. The normalized spacial score (nSPS) is 45.2. The molecule has 0 aliphatic heterocycles. The Morgan fingerprint density at radius 1 is 0.906 bits per heavy atom. The molecule has 0 aromatic carbocycles. The fourth-order valence-electron chi connectivity index (χ4n) is 9.50. The molecule has 0 saturated heterocycles. The predicted octanol–water partition coefficient (Wildman–Crippen LogP) is 6.95. The van der Waals surface area contributed by atoms with E-state index in [9.17, 15) is 13.0 Å². The van der Waals surface area contributed by atoms with Crippen molar-refractivity contribution in [3.05, 3.63) is 0 Å². The largest absolute Gasteiger partial charge is 0.726 e. The van der Waals surface area contributed by atoms with Crippen molar-refractivity contribution in [3.8, 4) is 0 Å². The molecule has 4 nitrogen and oxygen atoms in total. The van der Waals surface area contributed by atoms with Crippen LogP contribution in [-0.2, 0) is 14.6 Å². The molecule has 9 atom stereocenters. The Morgan fingerprint density at radius 3 is 2.28 bits per heavy atom. The summed E-state index contributed by atoms with van der Waals surface area (Å²) in [5.41, 5.74) is 0.802. The number of hydrogen-bond donors (Lipinski definition) is 0. The molecule has 0 bridgehead atoms. The summed E-state index contributed by atoms with van der Waals surface area (Å²) in [6, 6.07) is 0. The second kappa shape index (κ2) is 9.15. The van der Waals surface area contributed by atoms with Gasteiger partial charge in [0.1, 0.15) is 0 Å². The Labute approximate surface area is 197 Å². The lowest BCUT2D eigenvalue weighted by molar-refractivity contribution is -0.127. The Hall–Kier alpha value is -0.130. The minimum Gasteiger partial charge on any atom is -0.726 e. The molecule has 0 aromatic rings. The van der Waals surface area contributed by atoms with Gasteiger partial charge in [-0.25, -0.2) is 8.42 Å².